The second kappa shape index (κ2) is 9.33. The van der Waals surface area contributed by atoms with Crippen LogP contribution in [0.2, 0.25) is 0 Å². The van der Waals surface area contributed by atoms with Crippen molar-refractivity contribution in [2.45, 2.75) is 6.04 Å². The third-order valence-electron chi connectivity index (χ3n) is 3.28. The maximum Gasteiger partial charge on any atom is 0.234 e. The van der Waals surface area contributed by atoms with E-state index < -0.39 is 0 Å². The topological polar surface area (TPSA) is 76.8 Å². The van der Waals surface area contributed by atoms with E-state index in [1.165, 1.54) is 0 Å². The first kappa shape index (κ1) is 17.4. The molecule has 0 aliphatic heterocycles. The summed E-state index contributed by atoms with van der Waals surface area (Å²) in [6.45, 7) is 1.75. The highest BCUT2D eigenvalue weighted by Crippen LogP contribution is 2.20. The molecule has 6 nitrogen and oxygen atoms in total. The first-order valence-electron chi connectivity index (χ1n) is 6.92. The lowest BCUT2D eigenvalue weighted by Crippen LogP contribution is -2.40. The van der Waals surface area contributed by atoms with Gasteiger partial charge in [-0.15, -0.1) is 0 Å². The standard InChI is InChI=1S/C15H25N3O3/c1-18(11-15(19)17-8-9-20-2)14(10-16)12-4-6-13(21-3)7-5-12/h4-7,14H,8-11,16H2,1-3H3,(H,17,19). The van der Waals surface area contributed by atoms with Crippen LogP contribution in [0.3, 0.4) is 0 Å². The van der Waals surface area contributed by atoms with E-state index in [4.69, 9.17) is 15.2 Å². The number of nitrogens with one attached hydrogen (secondary N) is 1. The van der Waals surface area contributed by atoms with Gasteiger partial charge in [0, 0.05) is 26.2 Å². The summed E-state index contributed by atoms with van der Waals surface area (Å²) in [5.74, 6) is 0.760. The molecule has 1 amide bonds. The fourth-order valence-corrected chi connectivity index (χ4v) is 2.08. The van der Waals surface area contributed by atoms with Crippen molar-refractivity contribution in [1.29, 1.82) is 0 Å². The number of amides is 1. The van der Waals surface area contributed by atoms with Gasteiger partial charge in [0.05, 0.1) is 20.3 Å². The van der Waals surface area contributed by atoms with Crippen LogP contribution in [0.5, 0.6) is 5.75 Å². The fourth-order valence-electron chi connectivity index (χ4n) is 2.08. The molecule has 0 aliphatic rings. The van der Waals surface area contributed by atoms with E-state index >= 15 is 0 Å². The molecule has 118 valence electrons. The monoisotopic (exact) mass is 295 g/mol. The maximum absolute atomic E-state index is 11.8. The molecule has 1 aromatic rings. The molecular formula is C15H25N3O3. The molecule has 0 saturated carbocycles. The number of ether oxygens (including phenoxy) is 2. The summed E-state index contributed by atoms with van der Waals surface area (Å²) in [6.07, 6.45) is 0. The summed E-state index contributed by atoms with van der Waals surface area (Å²) in [6, 6.07) is 7.71. The third-order valence-corrected chi connectivity index (χ3v) is 3.28. The van der Waals surface area contributed by atoms with Gasteiger partial charge in [-0.25, -0.2) is 0 Å². The number of hydrogen-bond donors (Lipinski definition) is 2. The van der Waals surface area contributed by atoms with Crippen LogP contribution in [0.25, 0.3) is 0 Å². The number of nitrogens with two attached hydrogens (primary N) is 1. The Hall–Kier alpha value is -1.63. The molecule has 1 unspecified atom stereocenters. The first-order valence-corrected chi connectivity index (χ1v) is 6.92. The van der Waals surface area contributed by atoms with Gasteiger partial charge < -0.3 is 20.5 Å². The van der Waals surface area contributed by atoms with E-state index in [9.17, 15) is 4.79 Å². The quantitative estimate of drug-likeness (QED) is 0.645. The molecule has 0 bridgehead atoms. The van der Waals surface area contributed by atoms with Crippen molar-refractivity contribution in [3.05, 3.63) is 29.8 Å². The van der Waals surface area contributed by atoms with Gasteiger partial charge in [-0.3, -0.25) is 9.69 Å². The Balaban J connectivity index is 2.59. The van der Waals surface area contributed by atoms with Gasteiger partial charge in [0.1, 0.15) is 5.75 Å². The zero-order valence-corrected chi connectivity index (χ0v) is 13.0. The summed E-state index contributed by atoms with van der Waals surface area (Å²) >= 11 is 0. The number of carbonyl (C=O) groups is 1. The lowest BCUT2D eigenvalue weighted by molar-refractivity contribution is -0.122. The molecule has 0 aliphatic carbocycles. The van der Waals surface area contributed by atoms with Crippen molar-refractivity contribution in [2.75, 3.05) is 47.5 Å². The summed E-state index contributed by atoms with van der Waals surface area (Å²) < 4.78 is 10.0. The number of likely N-dealkylation sites (N-methyl/N-ethyl adjacent to an activating group) is 1. The normalized spacial score (nSPS) is 12.2. The minimum atomic E-state index is -0.0403. The molecule has 21 heavy (non-hydrogen) atoms. The first-order chi connectivity index (χ1) is 10.1. The Labute approximate surface area is 126 Å². The smallest absolute Gasteiger partial charge is 0.234 e. The second-order valence-corrected chi connectivity index (χ2v) is 4.78. The van der Waals surface area contributed by atoms with Crippen molar-refractivity contribution in [3.63, 3.8) is 0 Å². The van der Waals surface area contributed by atoms with E-state index in [2.05, 4.69) is 5.32 Å². The Kier molecular flexibility index (Phi) is 7.74. The summed E-state index contributed by atoms with van der Waals surface area (Å²) in [4.78, 5) is 13.7. The molecule has 0 fully saturated rings. The third kappa shape index (κ3) is 5.71. The lowest BCUT2D eigenvalue weighted by atomic mass is 10.1. The van der Waals surface area contributed by atoms with Crippen molar-refractivity contribution in [3.8, 4) is 5.75 Å². The van der Waals surface area contributed by atoms with Gasteiger partial charge in [-0.2, -0.15) is 0 Å². The predicted molar refractivity (Wildman–Crippen MR) is 82.3 cm³/mol. The van der Waals surface area contributed by atoms with Crippen LogP contribution in [-0.2, 0) is 9.53 Å². The van der Waals surface area contributed by atoms with Gasteiger partial charge in [-0.05, 0) is 24.7 Å². The van der Waals surface area contributed by atoms with E-state index in [1.807, 2.05) is 36.2 Å². The number of rotatable bonds is 9. The number of methoxy groups -OCH3 is 2. The highest BCUT2D eigenvalue weighted by molar-refractivity contribution is 5.78. The lowest BCUT2D eigenvalue weighted by Gasteiger charge is -2.27. The molecule has 1 aromatic carbocycles. The van der Waals surface area contributed by atoms with E-state index in [1.54, 1.807) is 14.2 Å². The molecular weight excluding hydrogens is 270 g/mol. The number of benzene rings is 1. The van der Waals surface area contributed by atoms with Gasteiger partial charge in [0.2, 0.25) is 5.91 Å². The minimum absolute atomic E-state index is 0.0101. The van der Waals surface area contributed by atoms with Crippen LogP contribution < -0.4 is 15.8 Å². The minimum Gasteiger partial charge on any atom is -0.497 e. The van der Waals surface area contributed by atoms with Crippen molar-refractivity contribution in [1.82, 2.24) is 10.2 Å². The summed E-state index contributed by atoms with van der Waals surface area (Å²) in [7, 11) is 5.12. The highest BCUT2D eigenvalue weighted by atomic mass is 16.5. The molecule has 0 spiro atoms. The number of nitrogens with zero attached hydrogens (tertiary/aromatic N) is 1. The SMILES string of the molecule is COCCNC(=O)CN(C)C(CN)c1ccc(OC)cc1. The van der Waals surface area contributed by atoms with Gasteiger partial charge in [0.25, 0.3) is 0 Å². The molecule has 0 radical (unpaired) electrons. The highest BCUT2D eigenvalue weighted by Gasteiger charge is 2.17. The molecule has 6 heteroatoms. The Morgan fingerprint density at radius 3 is 2.52 bits per heavy atom. The van der Waals surface area contributed by atoms with Crippen LogP contribution in [0.1, 0.15) is 11.6 Å². The van der Waals surface area contributed by atoms with Crippen molar-refractivity contribution in [2.24, 2.45) is 5.73 Å². The zero-order chi connectivity index (χ0) is 15.7. The Morgan fingerprint density at radius 2 is 2.00 bits per heavy atom. The Morgan fingerprint density at radius 1 is 1.33 bits per heavy atom. The van der Waals surface area contributed by atoms with Gasteiger partial charge >= 0.3 is 0 Å². The molecule has 1 atom stereocenters. The summed E-state index contributed by atoms with van der Waals surface area (Å²) in [5.41, 5.74) is 6.91. The largest absolute Gasteiger partial charge is 0.497 e. The maximum atomic E-state index is 11.8. The Bertz CT molecular complexity index is 423. The number of hydrogen-bond acceptors (Lipinski definition) is 5. The van der Waals surface area contributed by atoms with Gasteiger partial charge in [0.15, 0.2) is 0 Å². The average Bonchev–Trinajstić information content (AvgIpc) is 2.49. The fraction of sp³-hybridized carbons (Fsp3) is 0.533. The number of carbonyl (C=O) groups excluding carboxylic acids is 1. The van der Waals surface area contributed by atoms with Crippen LogP contribution in [0, 0.1) is 0 Å². The van der Waals surface area contributed by atoms with E-state index in [-0.39, 0.29) is 18.5 Å². The molecule has 0 heterocycles. The molecule has 0 aromatic heterocycles. The zero-order valence-electron chi connectivity index (χ0n) is 13.0. The summed E-state index contributed by atoms with van der Waals surface area (Å²) in [5, 5.41) is 2.80. The van der Waals surface area contributed by atoms with Crippen LogP contribution >= 0.6 is 0 Å². The molecule has 0 saturated heterocycles. The van der Waals surface area contributed by atoms with Crippen LogP contribution in [0.15, 0.2) is 24.3 Å². The van der Waals surface area contributed by atoms with Crippen molar-refractivity contribution < 1.29 is 14.3 Å². The van der Waals surface area contributed by atoms with Crippen LogP contribution in [0.4, 0.5) is 0 Å². The predicted octanol–water partition coefficient (Wildman–Crippen LogP) is 0.389. The molecule has 1 rings (SSSR count). The van der Waals surface area contributed by atoms with Crippen molar-refractivity contribution >= 4 is 5.91 Å². The van der Waals surface area contributed by atoms with Crippen LogP contribution in [-0.4, -0.2) is 58.3 Å². The van der Waals surface area contributed by atoms with E-state index in [0.717, 1.165) is 11.3 Å². The van der Waals surface area contributed by atoms with Gasteiger partial charge in [-0.1, -0.05) is 12.1 Å². The second-order valence-electron chi connectivity index (χ2n) is 4.78. The average molecular weight is 295 g/mol. The van der Waals surface area contributed by atoms with E-state index in [0.29, 0.717) is 19.7 Å². The molecule has 3 N–H and O–H groups in total.